The Labute approximate surface area is 160 Å². The summed E-state index contributed by atoms with van der Waals surface area (Å²) in [4.78, 5) is 24.5. The van der Waals surface area contributed by atoms with Gasteiger partial charge >= 0.3 is 11.9 Å². The Morgan fingerprint density at radius 1 is 0.857 bits per heavy atom. The van der Waals surface area contributed by atoms with Crippen LogP contribution in [0.4, 0.5) is 0 Å². The third-order valence-electron chi connectivity index (χ3n) is 3.64. The zero-order valence-electron chi connectivity index (χ0n) is 15.5. The molecule has 0 aliphatic rings. The van der Waals surface area contributed by atoms with Crippen molar-refractivity contribution in [3.05, 3.63) is 35.4 Å². The highest BCUT2D eigenvalue weighted by atomic mass is 16.6. The fourth-order valence-electron chi connectivity index (χ4n) is 2.27. The molecule has 3 N–H and O–H groups in total. The molecule has 0 fully saturated rings. The van der Waals surface area contributed by atoms with Crippen LogP contribution in [0, 0.1) is 0 Å². The monoisotopic (exact) mass is 392 g/mol. The van der Waals surface area contributed by atoms with Gasteiger partial charge in [-0.15, -0.1) is 0 Å². The van der Waals surface area contributed by atoms with Gasteiger partial charge in [0.15, 0.2) is 28.7 Å². The lowest BCUT2D eigenvalue weighted by Gasteiger charge is -2.15. The van der Waals surface area contributed by atoms with Crippen molar-refractivity contribution in [3.8, 4) is 34.5 Å². The normalized spacial score (nSPS) is 10.2. The maximum absolute atomic E-state index is 12.4. The van der Waals surface area contributed by atoms with E-state index in [1.54, 1.807) is 0 Å². The van der Waals surface area contributed by atoms with E-state index in [2.05, 4.69) is 0 Å². The molecular weight excluding hydrogens is 372 g/mol. The van der Waals surface area contributed by atoms with E-state index in [4.69, 9.17) is 18.9 Å². The number of ether oxygens (including phenoxy) is 4. The molecule has 0 radical (unpaired) electrons. The van der Waals surface area contributed by atoms with Crippen LogP contribution in [0.25, 0.3) is 0 Å². The van der Waals surface area contributed by atoms with E-state index in [1.165, 1.54) is 26.4 Å². The minimum atomic E-state index is -1.14. The molecule has 0 saturated heterocycles. The molecule has 0 spiro atoms. The number of rotatable bonds is 7. The summed E-state index contributed by atoms with van der Waals surface area (Å²) in [5, 5.41) is 28.3. The Balaban J connectivity index is 2.29. The van der Waals surface area contributed by atoms with Crippen molar-refractivity contribution in [3.63, 3.8) is 0 Å². The van der Waals surface area contributed by atoms with Gasteiger partial charge in [-0.25, -0.2) is 9.59 Å². The van der Waals surface area contributed by atoms with Crippen LogP contribution < -0.4 is 14.2 Å². The van der Waals surface area contributed by atoms with Crippen LogP contribution in [0.3, 0.4) is 0 Å². The molecule has 0 unspecified atom stereocenters. The lowest BCUT2D eigenvalue weighted by molar-refractivity contribution is 0.0396. The van der Waals surface area contributed by atoms with Crippen LogP contribution in [0.2, 0.25) is 0 Å². The van der Waals surface area contributed by atoms with Crippen molar-refractivity contribution >= 4 is 11.9 Å². The number of hydrogen-bond acceptors (Lipinski definition) is 9. The third kappa shape index (κ3) is 4.37. The van der Waals surface area contributed by atoms with Gasteiger partial charge in [-0.1, -0.05) is 6.92 Å². The quantitative estimate of drug-likeness (QED) is 0.369. The molecule has 0 aromatic heterocycles. The number of methoxy groups -OCH3 is 2. The van der Waals surface area contributed by atoms with Crippen molar-refractivity contribution in [2.24, 2.45) is 0 Å². The van der Waals surface area contributed by atoms with Gasteiger partial charge < -0.3 is 34.3 Å². The van der Waals surface area contributed by atoms with Crippen molar-refractivity contribution in [1.29, 1.82) is 0 Å². The van der Waals surface area contributed by atoms with Crippen LogP contribution >= 0.6 is 0 Å². The van der Waals surface area contributed by atoms with E-state index in [0.29, 0.717) is 12.4 Å². The number of hydrogen-bond donors (Lipinski definition) is 3. The molecule has 0 amide bonds. The summed E-state index contributed by atoms with van der Waals surface area (Å²) in [6, 6.07) is 4.37. The predicted octanol–water partition coefficient (Wildman–Crippen LogP) is 2.61. The highest BCUT2D eigenvalue weighted by Crippen LogP contribution is 2.39. The van der Waals surface area contributed by atoms with Gasteiger partial charge in [0.1, 0.15) is 0 Å². The molecule has 2 rings (SSSR count). The van der Waals surface area contributed by atoms with Crippen molar-refractivity contribution in [2.45, 2.75) is 13.3 Å². The van der Waals surface area contributed by atoms with Crippen LogP contribution in [0.1, 0.15) is 34.1 Å². The Morgan fingerprint density at radius 2 is 1.32 bits per heavy atom. The maximum Gasteiger partial charge on any atom is 0.346 e. The molecule has 0 atom stereocenters. The smallest absolute Gasteiger partial charge is 0.346 e. The highest BCUT2D eigenvalue weighted by Gasteiger charge is 2.22. The molecule has 0 bridgehead atoms. The van der Waals surface area contributed by atoms with Crippen molar-refractivity contribution in [1.82, 2.24) is 0 Å². The second-order valence-corrected chi connectivity index (χ2v) is 5.60. The minimum absolute atomic E-state index is 0.0434. The van der Waals surface area contributed by atoms with Gasteiger partial charge in [-0.3, -0.25) is 0 Å². The summed E-state index contributed by atoms with van der Waals surface area (Å²) >= 11 is 0. The summed E-state index contributed by atoms with van der Waals surface area (Å²) in [5.74, 6) is -3.68. The summed E-state index contributed by atoms with van der Waals surface area (Å²) in [6.07, 6.45) is 0.747. The molecule has 9 heteroatoms. The van der Waals surface area contributed by atoms with Gasteiger partial charge in [0, 0.05) is 0 Å². The molecule has 0 saturated carbocycles. The minimum Gasteiger partial charge on any atom is -0.504 e. The number of phenols is 3. The number of carbonyl (C=O) groups excluding carboxylic acids is 2. The van der Waals surface area contributed by atoms with Gasteiger partial charge in [-0.2, -0.15) is 0 Å². The molecule has 28 heavy (non-hydrogen) atoms. The Kier molecular flexibility index (Phi) is 6.54. The van der Waals surface area contributed by atoms with Gasteiger partial charge in [0.25, 0.3) is 0 Å². The van der Waals surface area contributed by atoms with Crippen LogP contribution in [-0.2, 0) is 4.74 Å². The largest absolute Gasteiger partial charge is 0.504 e. The van der Waals surface area contributed by atoms with E-state index in [-0.39, 0.29) is 22.6 Å². The fraction of sp³-hybridized carbons (Fsp3) is 0.263. The standard InChI is InChI=1S/C19H20O9/c1-4-5-27-17-14(25-2)8-11(9-15(17)26-3)19(24)28-18(23)10-6-12(20)16(22)13(21)7-10/h6-9,20-22H,4-5H2,1-3H3. The topological polar surface area (TPSA) is 132 Å². The summed E-state index contributed by atoms with van der Waals surface area (Å²) in [5.41, 5.74) is -0.374. The fourth-order valence-corrected chi connectivity index (χ4v) is 2.27. The average Bonchev–Trinajstić information content (AvgIpc) is 2.69. The first-order valence-electron chi connectivity index (χ1n) is 8.22. The SMILES string of the molecule is CCCOc1c(OC)cc(C(=O)OC(=O)c2cc(O)c(O)c(O)c2)cc1OC. The van der Waals surface area contributed by atoms with Crippen molar-refractivity contribution < 1.29 is 43.9 Å². The summed E-state index contributed by atoms with van der Waals surface area (Å²) in [6.45, 7) is 2.33. The highest BCUT2D eigenvalue weighted by molar-refractivity contribution is 6.03. The van der Waals surface area contributed by atoms with E-state index in [0.717, 1.165) is 18.6 Å². The number of benzene rings is 2. The zero-order chi connectivity index (χ0) is 20.8. The van der Waals surface area contributed by atoms with Crippen LogP contribution in [0.15, 0.2) is 24.3 Å². The summed E-state index contributed by atoms with van der Waals surface area (Å²) < 4.78 is 20.8. The maximum atomic E-state index is 12.4. The lowest BCUT2D eigenvalue weighted by atomic mass is 10.1. The zero-order valence-corrected chi connectivity index (χ0v) is 15.5. The Hall–Kier alpha value is -3.62. The average molecular weight is 392 g/mol. The van der Waals surface area contributed by atoms with E-state index < -0.39 is 29.2 Å². The molecular formula is C19H20O9. The first-order chi connectivity index (χ1) is 13.3. The van der Waals surface area contributed by atoms with E-state index in [9.17, 15) is 24.9 Å². The van der Waals surface area contributed by atoms with Crippen LogP contribution in [-0.4, -0.2) is 48.1 Å². The second kappa shape index (κ2) is 8.85. The van der Waals surface area contributed by atoms with Gasteiger partial charge in [0.05, 0.1) is 32.0 Å². The first-order valence-corrected chi connectivity index (χ1v) is 8.22. The predicted molar refractivity (Wildman–Crippen MR) is 96.5 cm³/mol. The molecule has 0 aliphatic heterocycles. The third-order valence-corrected chi connectivity index (χ3v) is 3.64. The van der Waals surface area contributed by atoms with Crippen molar-refractivity contribution in [2.75, 3.05) is 20.8 Å². The van der Waals surface area contributed by atoms with E-state index in [1.807, 2.05) is 6.92 Å². The molecule has 150 valence electrons. The number of carbonyl (C=O) groups is 2. The molecule has 0 aliphatic carbocycles. The molecule has 2 aromatic carbocycles. The molecule has 0 heterocycles. The number of esters is 2. The van der Waals surface area contributed by atoms with Gasteiger partial charge in [-0.05, 0) is 30.7 Å². The molecule has 2 aromatic rings. The Bertz CT molecular complexity index is 841. The van der Waals surface area contributed by atoms with Gasteiger partial charge in [0.2, 0.25) is 5.75 Å². The molecule has 9 nitrogen and oxygen atoms in total. The number of aromatic hydroxyl groups is 3. The first kappa shape index (κ1) is 20.7. The van der Waals surface area contributed by atoms with Crippen LogP contribution in [0.5, 0.6) is 34.5 Å². The number of phenolic OH excluding ortho intramolecular Hbond substituents is 3. The lowest BCUT2D eigenvalue weighted by Crippen LogP contribution is -2.13. The second-order valence-electron chi connectivity index (χ2n) is 5.60. The summed E-state index contributed by atoms with van der Waals surface area (Å²) in [7, 11) is 2.77. The van der Waals surface area contributed by atoms with E-state index >= 15 is 0 Å². The Morgan fingerprint density at radius 3 is 1.75 bits per heavy atom.